The fraction of sp³-hybridized carbons (Fsp3) is 0.286. The maximum atomic E-state index is 14.4. The van der Waals surface area contributed by atoms with E-state index >= 15 is 0 Å². The van der Waals surface area contributed by atoms with Gasteiger partial charge in [-0.15, -0.1) is 0 Å². The van der Waals surface area contributed by atoms with Gasteiger partial charge in [0.05, 0.1) is 17.6 Å². The Morgan fingerprint density at radius 2 is 1.27 bits per heavy atom. The molecule has 9 heteroatoms. The highest BCUT2D eigenvalue weighted by molar-refractivity contribution is 7.92. The zero-order valence-corrected chi connectivity index (χ0v) is 21.9. The lowest BCUT2D eigenvalue weighted by atomic mass is 9.89. The van der Waals surface area contributed by atoms with E-state index in [1.807, 2.05) is 0 Å². The number of sulfone groups is 1. The van der Waals surface area contributed by atoms with Crippen LogP contribution in [0.4, 0.5) is 0 Å². The third-order valence-electron chi connectivity index (χ3n) is 6.30. The summed E-state index contributed by atoms with van der Waals surface area (Å²) >= 11 is 0. The van der Waals surface area contributed by atoms with Gasteiger partial charge < -0.3 is 18.9 Å². The molecule has 0 saturated heterocycles. The Balaban J connectivity index is 2.28. The molecule has 0 N–H and O–H groups in total. The van der Waals surface area contributed by atoms with E-state index in [4.69, 9.17) is 18.9 Å². The van der Waals surface area contributed by atoms with Crippen molar-refractivity contribution in [2.45, 2.75) is 34.9 Å². The topological polar surface area (TPSA) is 105 Å². The fourth-order valence-corrected chi connectivity index (χ4v) is 6.10. The Bertz CT molecular complexity index is 1290. The Morgan fingerprint density at radius 3 is 1.76 bits per heavy atom. The molecule has 3 aromatic carbocycles. The Hall–Kier alpha value is -3.53. The molecule has 8 nitrogen and oxygen atoms in total. The molecule has 0 heterocycles. The van der Waals surface area contributed by atoms with E-state index in [9.17, 15) is 18.0 Å². The Labute approximate surface area is 217 Å². The first-order valence-electron chi connectivity index (χ1n) is 11.4. The van der Waals surface area contributed by atoms with E-state index in [2.05, 4.69) is 0 Å². The molecule has 0 saturated carbocycles. The second kappa shape index (κ2) is 11.7. The van der Waals surface area contributed by atoms with Gasteiger partial charge in [0, 0.05) is 20.6 Å². The van der Waals surface area contributed by atoms with Crippen molar-refractivity contribution in [1.29, 1.82) is 0 Å². The van der Waals surface area contributed by atoms with Gasteiger partial charge in [-0.1, -0.05) is 66.7 Å². The van der Waals surface area contributed by atoms with Crippen molar-refractivity contribution >= 4 is 21.8 Å². The van der Waals surface area contributed by atoms with Crippen LogP contribution in [0.2, 0.25) is 0 Å². The van der Waals surface area contributed by atoms with E-state index in [1.54, 1.807) is 78.9 Å². The molecule has 2 atom stereocenters. The number of methoxy groups -OCH3 is 3. The molecular weight excluding hydrogens is 496 g/mol. The third kappa shape index (κ3) is 5.58. The van der Waals surface area contributed by atoms with Crippen LogP contribution in [0.5, 0.6) is 0 Å². The highest BCUT2D eigenvalue weighted by atomic mass is 32.2. The van der Waals surface area contributed by atoms with Crippen molar-refractivity contribution in [2.75, 3.05) is 21.3 Å². The van der Waals surface area contributed by atoms with Gasteiger partial charge in [-0.25, -0.2) is 18.0 Å². The maximum absolute atomic E-state index is 14.4. The van der Waals surface area contributed by atoms with Gasteiger partial charge in [0.25, 0.3) is 5.79 Å². The molecule has 0 fully saturated rings. The highest BCUT2D eigenvalue weighted by Crippen LogP contribution is 2.46. The second-order valence-electron chi connectivity index (χ2n) is 8.52. The van der Waals surface area contributed by atoms with Crippen LogP contribution in [-0.2, 0) is 33.6 Å². The van der Waals surface area contributed by atoms with E-state index < -0.39 is 44.8 Å². The lowest BCUT2D eigenvalue weighted by Crippen LogP contribution is -2.55. The average Bonchev–Trinajstić information content (AvgIpc) is 2.95. The summed E-state index contributed by atoms with van der Waals surface area (Å²) < 4.78 is 48.5. The number of benzene rings is 3. The summed E-state index contributed by atoms with van der Waals surface area (Å²) in [5.74, 6) is -3.78. The summed E-state index contributed by atoms with van der Waals surface area (Å²) in [7, 11) is -0.751. The minimum absolute atomic E-state index is 0.0276. The summed E-state index contributed by atoms with van der Waals surface area (Å²) in [6, 6.07) is 24.4. The van der Waals surface area contributed by atoms with Gasteiger partial charge in [0.15, 0.2) is 9.84 Å². The van der Waals surface area contributed by atoms with Crippen LogP contribution in [0.1, 0.15) is 35.4 Å². The van der Waals surface area contributed by atoms with Crippen LogP contribution in [0.25, 0.3) is 0 Å². The van der Waals surface area contributed by atoms with Crippen LogP contribution >= 0.6 is 0 Å². The number of carbonyl (C=O) groups excluding carboxylic acids is 2. The van der Waals surface area contributed by atoms with Gasteiger partial charge in [-0.05, 0) is 36.8 Å². The third-order valence-corrected chi connectivity index (χ3v) is 8.78. The number of carbonyl (C=O) groups is 2. The normalized spacial score (nSPS) is 14.3. The van der Waals surface area contributed by atoms with E-state index in [0.717, 1.165) is 7.11 Å². The van der Waals surface area contributed by atoms with Crippen molar-refractivity contribution in [3.05, 3.63) is 102 Å². The molecule has 0 aliphatic carbocycles. The van der Waals surface area contributed by atoms with Gasteiger partial charge in [0.2, 0.25) is 0 Å². The molecule has 0 aliphatic heterocycles. The number of esters is 2. The second-order valence-corrected chi connectivity index (χ2v) is 10.9. The van der Waals surface area contributed by atoms with Crippen LogP contribution in [0, 0.1) is 0 Å². The predicted octanol–water partition coefficient (Wildman–Crippen LogP) is 4.37. The first-order chi connectivity index (χ1) is 17.6. The zero-order valence-electron chi connectivity index (χ0n) is 21.1. The largest absolute Gasteiger partial charge is 0.465 e. The molecule has 0 bridgehead atoms. The number of ether oxygens (including phenoxy) is 4. The molecule has 37 heavy (non-hydrogen) atoms. The zero-order chi connectivity index (χ0) is 27.1. The van der Waals surface area contributed by atoms with E-state index in [-0.39, 0.29) is 10.5 Å². The van der Waals surface area contributed by atoms with Crippen molar-refractivity contribution in [3.63, 3.8) is 0 Å². The van der Waals surface area contributed by atoms with Gasteiger partial charge in [0.1, 0.15) is 10.9 Å². The summed E-state index contributed by atoms with van der Waals surface area (Å²) in [4.78, 5) is 26.1. The van der Waals surface area contributed by atoms with Crippen molar-refractivity contribution in [3.8, 4) is 0 Å². The standard InChI is InChI=1S/C28H30O8S/c1-27(20-28(34-3,35-4)26(30)33-2,37(31,32)23-18-12-7-13-19-23)24(21-14-8-5-9-15-21)36-25(29)22-16-10-6-11-17-22/h5-19,24H,20H2,1-4H3. The van der Waals surface area contributed by atoms with Crippen molar-refractivity contribution in [1.82, 2.24) is 0 Å². The van der Waals surface area contributed by atoms with Gasteiger partial charge in [-0.2, -0.15) is 0 Å². The molecule has 3 aromatic rings. The number of rotatable bonds is 11. The lowest BCUT2D eigenvalue weighted by molar-refractivity contribution is -0.234. The smallest absolute Gasteiger partial charge is 0.366 e. The van der Waals surface area contributed by atoms with E-state index in [1.165, 1.54) is 33.3 Å². The lowest BCUT2D eigenvalue weighted by Gasteiger charge is -2.41. The quantitative estimate of drug-likeness (QED) is 0.268. The Kier molecular flexibility index (Phi) is 8.85. The Morgan fingerprint density at radius 1 is 0.784 bits per heavy atom. The van der Waals surface area contributed by atoms with Crippen molar-refractivity contribution in [2.24, 2.45) is 0 Å². The molecule has 0 spiro atoms. The fourth-order valence-electron chi connectivity index (χ4n) is 4.20. The van der Waals surface area contributed by atoms with E-state index in [0.29, 0.717) is 5.56 Å². The molecule has 0 aromatic heterocycles. The number of hydrogen-bond donors (Lipinski definition) is 0. The summed E-state index contributed by atoms with van der Waals surface area (Å²) in [6.07, 6.45) is -1.93. The van der Waals surface area contributed by atoms with Crippen LogP contribution < -0.4 is 0 Å². The summed E-state index contributed by atoms with van der Waals surface area (Å²) in [5, 5.41) is 0. The predicted molar refractivity (Wildman–Crippen MR) is 136 cm³/mol. The van der Waals surface area contributed by atoms with Gasteiger partial charge >= 0.3 is 11.9 Å². The molecule has 0 radical (unpaired) electrons. The molecule has 2 unspecified atom stereocenters. The molecule has 0 amide bonds. The average molecular weight is 527 g/mol. The van der Waals surface area contributed by atoms with Crippen LogP contribution in [0.3, 0.4) is 0 Å². The molecule has 0 aliphatic rings. The molecule has 196 valence electrons. The summed E-state index contributed by atoms with van der Waals surface area (Å²) in [6.45, 7) is 1.40. The maximum Gasteiger partial charge on any atom is 0.366 e. The van der Waals surface area contributed by atoms with Crippen LogP contribution in [-0.4, -0.2) is 52.2 Å². The first-order valence-corrected chi connectivity index (χ1v) is 12.9. The van der Waals surface area contributed by atoms with Crippen molar-refractivity contribution < 1.29 is 37.0 Å². The minimum Gasteiger partial charge on any atom is -0.465 e. The highest BCUT2D eigenvalue weighted by Gasteiger charge is 2.58. The summed E-state index contributed by atoms with van der Waals surface area (Å²) in [5.41, 5.74) is 0.639. The SMILES string of the molecule is COC(=O)C(CC(C)(C(OC(=O)c1ccccc1)c1ccccc1)S(=O)(=O)c1ccccc1)(OC)OC. The minimum atomic E-state index is -4.32. The first kappa shape index (κ1) is 28.0. The molecular formula is C28H30O8S. The monoisotopic (exact) mass is 526 g/mol. The number of hydrogen-bond acceptors (Lipinski definition) is 8. The van der Waals surface area contributed by atoms with Crippen LogP contribution in [0.15, 0.2) is 95.9 Å². The molecule has 3 rings (SSSR count). The van der Waals surface area contributed by atoms with Gasteiger partial charge in [-0.3, -0.25) is 0 Å².